The Hall–Kier alpha value is -0.0800. The molecule has 0 aliphatic rings. The topological polar surface area (TPSA) is 38.0 Å². The monoisotopic (exact) mass is 228 g/mol. The first-order chi connectivity index (χ1) is 7.81. The molecule has 0 aliphatic heterocycles. The number of rotatable bonds is 12. The van der Waals surface area contributed by atoms with Gasteiger partial charge in [-0.2, -0.15) is 0 Å². The Bertz CT molecular complexity index is 126. The molecule has 1 unspecified atom stereocenters. The summed E-state index contributed by atoms with van der Waals surface area (Å²) < 4.78 is 0. The van der Waals surface area contributed by atoms with E-state index in [2.05, 4.69) is 19.2 Å². The molecule has 3 N–H and O–H groups in total. The molecule has 0 aromatic rings. The molecule has 98 valence electrons. The van der Waals surface area contributed by atoms with Crippen LogP contribution in [0.1, 0.15) is 78.1 Å². The fourth-order valence-electron chi connectivity index (χ4n) is 1.93. The number of nitrogens with two attached hydrogens (primary N) is 1. The molecule has 0 rings (SSSR count). The maximum Gasteiger partial charge on any atom is 0.0546 e. The van der Waals surface area contributed by atoms with Crippen molar-refractivity contribution in [3.05, 3.63) is 0 Å². The van der Waals surface area contributed by atoms with Crippen LogP contribution in [0, 0.1) is 0 Å². The summed E-state index contributed by atoms with van der Waals surface area (Å²) in [6, 6.07) is 0. The lowest BCUT2D eigenvalue weighted by Crippen LogP contribution is -2.37. The van der Waals surface area contributed by atoms with E-state index in [-0.39, 0.29) is 6.17 Å². The van der Waals surface area contributed by atoms with Gasteiger partial charge in [0.2, 0.25) is 0 Å². The van der Waals surface area contributed by atoms with Crippen LogP contribution in [0.2, 0.25) is 0 Å². The maximum absolute atomic E-state index is 5.93. The van der Waals surface area contributed by atoms with Gasteiger partial charge in [0, 0.05) is 0 Å². The molecule has 0 bridgehead atoms. The zero-order valence-electron chi connectivity index (χ0n) is 11.4. The zero-order chi connectivity index (χ0) is 12.1. The molecule has 0 aliphatic carbocycles. The van der Waals surface area contributed by atoms with Gasteiger partial charge in [0.1, 0.15) is 0 Å². The molecule has 16 heavy (non-hydrogen) atoms. The van der Waals surface area contributed by atoms with Crippen LogP contribution < -0.4 is 11.1 Å². The molecule has 2 heteroatoms. The molecule has 1 atom stereocenters. The molecule has 0 saturated carbocycles. The Morgan fingerprint density at radius 3 is 1.94 bits per heavy atom. The van der Waals surface area contributed by atoms with Crippen molar-refractivity contribution in [3.63, 3.8) is 0 Å². The molecular weight excluding hydrogens is 196 g/mol. The summed E-state index contributed by atoms with van der Waals surface area (Å²) in [7, 11) is 0. The molecule has 0 aromatic carbocycles. The summed E-state index contributed by atoms with van der Waals surface area (Å²) in [5.74, 6) is 0. The minimum absolute atomic E-state index is 0.222. The highest BCUT2D eigenvalue weighted by Crippen LogP contribution is 2.09. The third kappa shape index (κ3) is 12.0. The van der Waals surface area contributed by atoms with E-state index < -0.39 is 0 Å². The molecule has 0 heterocycles. The number of hydrogen-bond acceptors (Lipinski definition) is 2. The lowest BCUT2D eigenvalue weighted by Gasteiger charge is -2.12. The predicted molar refractivity (Wildman–Crippen MR) is 73.5 cm³/mol. The van der Waals surface area contributed by atoms with Gasteiger partial charge in [0.25, 0.3) is 0 Å². The Morgan fingerprint density at radius 1 is 0.812 bits per heavy atom. The van der Waals surface area contributed by atoms with Gasteiger partial charge in [0.15, 0.2) is 0 Å². The molecular formula is C14H32N2. The zero-order valence-corrected chi connectivity index (χ0v) is 11.4. The smallest absolute Gasteiger partial charge is 0.0546 e. The van der Waals surface area contributed by atoms with Gasteiger partial charge in [0.05, 0.1) is 6.17 Å². The molecule has 2 nitrogen and oxygen atoms in total. The number of hydrogen-bond donors (Lipinski definition) is 2. The molecule has 0 radical (unpaired) electrons. The minimum Gasteiger partial charge on any atom is -0.316 e. The fourth-order valence-corrected chi connectivity index (χ4v) is 1.93. The Balaban J connectivity index is 3.02. The van der Waals surface area contributed by atoms with Crippen molar-refractivity contribution < 1.29 is 0 Å². The van der Waals surface area contributed by atoms with E-state index in [1.807, 2.05) is 0 Å². The van der Waals surface area contributed by atoms with E-state index in [1.165, 1.54) is 57.8 Å². The van der Waals surface area contributed by atoms with E-state index in [9.17, 15) is 0 Å². The summed E-state index contributed by atoms with van der Waals surface area (Å²) >= 11 is 0. The van der Waals surface area contributed by atoms with Crippen molar-refractivity contribution in [3.8, 4) is 0 Å². The second-order valence-electron chi connectivity index (χ2n) is 4.82. The van der Waals surface area contributed by atoms with Gasteiger partial charge in [-0.3, -0.25) is 0 Å². The lowest BCUT2D eigenvalue weighted by atomic mass is 10.1. The van der Waals surface area contributed by atoms with E-state index >= 15 is 0 Å². The van der Waals surface area contributed by atoms with Crippen LogP contribution in [0.25, 0.3) is 0 Å². The van der Waals surface area contributed by atoms with Crippen molar-refractivity contribution in [2.45, 2.75) is 84.2 Å². The Labute approximate surface area is 102 Å². The summed E-state index contributed by atoms with van der Waals surface area (Å²) in [6.45, 7) is 5.50. The van der Waals surface area contributed by atoms with E-state index in [0.29, 0.717) is 0 Å². The average molecular weight is 228 g/mol. The first-order valence-corrected chi connectivity index (χ1v) is 7.30. The van der Waals surface area contributed by atoms with Gasteiger partial charge >= 0.3 is 0 Å². The normalized spacial score (nSPS) is 12.9. The van der Waals surface area contributed by atoms with Gasteiger partial charge in [-0.15, -0.1) is 0 Å². The van der Waals surface area contributed by atoms with Gasteiger partial charge in [-0.25, -0.2) is 0 Å². The first kappa shape index (κ1) is 15.9. The molecule has 0 fully saturated rings. The lowest BCUT2D eigenvalue weighted by molar-refractivity contribution is 0.462. The second-order valence-corrected chi connectivity index (χ2v) is 4.82. The van der Waals surface area contributed by atoms with Crippen LogP contribution >= 0.6 is 0 Å². The van der Waals surface area contributed by atoms with Gasteiger partial charge in [-0.1, -0.05) is 65.2 Å². The molecule has 0 spiro atoms. The van der Waals surface area contributed by atoms with Gasteiger partial charge in [-0.05, 0) is 19.4 Å². The number of unbranched alkanes of at least 4 members (excludes halogenated alkanes) is 7. The standard InChI is InChI=1S/C14H32N2/c1-3-5-6-7-8-9-10-11-12-14(15)16-13-4-2/h14,16H,3-13,15H2,1-2H3. The highest BCUT2D eigenvalue weighted by atomic mass is 15.0. The molecule has 0 saturated heterocycles. The minimum atomic E-state index is 0.222. The summed E-state index contributed by atoms with van der Waals surface area (Å²) in [5, 5.41) is 3.33. The highest BCUT2D eigenvalue weighted by molar-refractivity contribution is 4.58. The Morgan fingerprint density at radius 2 is 1.38 bits per heavy atom. The van der Waals surface area contributed by atoms with Crippen LogP contribution in [0.5, 0.6) is 0 Å². The summed E-state index contributed by atoms with van der Waals surface area (Å²) in [4.78, 5) is 0. The average Bonchev–Trinajstić information content (AvgIpc) is 2.30. The Kier molecular flexibility index (Phi) is 12.9. The number of nitrogens with one attached hydrogen (secondary N) is 1. The van der Waals surface area contributed by atoms with Crippen molar-refractivity contribution in [1.82, 2.24) is 5.32 Å². The van der Waals surface area contributed by atoms with Crippen molar-refractivity contribution >= 4 is 0 Å². The van der Waals surface area contributed by atoms with E-state index in [1.54, 1.807) is 0 Å². The molecule has 0 amide bonds. The highest BCUT2D eigenvalue weighted by Gasteiger charge is 1.99. The van der Waals surface area contributed by atoms with Crippen molar-refractivity contribution in [2.75, 3.05) is 6.54 Å². The van der Waals surface area contributed by atoms with Crippen molar-refractivity contribution in [2.24, 2.45) is 5.73 Å². The second kappa shape index (κ2) is 13.0. The van der Waals surface area contributed by atoms with Crippen LogP contribution in [-0.2, 0) is 0 Å². The largest absolute Gasteiger partial charge is 0.316 e. The SMILES string of the molecule is CCCCCCCCCCC(N)NCCC. The van der Waals surface area contributed by atoms with Crippen molar-refractivity contribution in [1.29, 1.82) is 0 Å². The third-order valence-corrected chi connectivity index (χ3v) is 3.03. The van der Waals surface area contributed by atoms with E-state index in [0.717, 1.165) is 13.0 Å². The summed E-state index contributed by atoms with van der Waals surface area (Å²) in [6.07, 6.45) is 13.6. The predicted octanol–water partition coefficient (Wildman–Crippen LogP) is 3.80. The maximum atomic E-state index is 5.93. The fraction of sp³-hybridized carbons (Fsp3) is 1.00. The van der Waals surface area contributed by atoms with Crippen LogP contribution in [-0.4, -0.2) is 12.7 Å². The van der Waals surface area contributed by atoms with E-state index in [4.69, 9.17) is 5.73 Å². The summed E-state index contributed by atoms with van der Waals surface area (Å²) in [5.41, 5.74) is 5.93. The van der Waals surface area contributed by atoms with Crippen LogP contribution in [0.3, 0.4) is 0 Å². The molecule has 0 aromatic heterocycles. The van der Waals surface area contributed by atoms with Crippen LogP contribution in [0.15, 0.2) is 0 Å². The third-order valence-electron chi connectivity index (χ3n) is 3.03. The van der Waals surface area contributed by atoms with Gasteiger partial charge < -0.3 is 11.1 Å². The quantitative estimate of drug-likeness (QED) is 0.394. The van der Waals surface area contributed by atoms with Crippen LogP contribution in [0.4, 0.5) is 0 Å². The first-order valence-electron chi connectivity index (χ1n) is 7.30.